The van der Waals surface area contributed by atoms with E-state index in [1.165, 1.54) is 0 Å². The Morgan fingerprint density at radius 3 is 2.06 bits per heavy atom. The molecule has 0 aromatic heterocycles. The van der Waals surface area contributed by atoms with Crippen molar-refractivity contribution in [2.75, 3.05) is 19.8 Å². The minimum Gasteiger partial charge on any atom is -0.394 e. The number of allylic oxidation sites excluding steroid dienone is 1. The molecule has 4 saturated carbocycles. The van der Waals surface area contributed by atoms with E-state index in [2.05, 4.69) is 60.6 Å². The van der Waals surface area contributed by atoms with E-state index < -0.39 is 122 Å². The number of hydrogen-bond donors (Lipinski definition) is 9. The van der Waals surface area contributed by atoms with Crippen molar-refractivity contribution in [3.63, 3.8) is 0 Å². The van der Waals surface area contributed by atoms with Gasteiger partial charge in [-0.05, 0) is 91.8 Å². The Bertz CT molecular complexity index is 1720. The van der Waals surface area contributed by atoms with Gasteiger partial charge in [-0.25, -0.2) is 0 Å². The minimum absolute atomic E-state index is 0.139. The minimum atomic E-state index is -1.78. The molecule has 26 atom stereocenters. The molecule has 2 bridgehead atoms. The van der Waals surface area contributed by atoms with Gasteiger partial charge in [0.15, 0.2) is 18.9 Å². The fraction of sp³-hybridized carbons (Fsp3) is 0.957. The van der Waals surface area contributed by atoms with E-state index in [1.54, 1.807) is 6.92 Å². The van der Waals surface area contributed by atoms with Gasteiger partial charge in [0.2, 0.25) is 0 Å². The third-order valence-corrected chi connectivity index (χ3v) is 19.8. The van der Waals surface area contributed by atoms with Crippen molar-refractivity contribution in [1.82, 2.24) is 0 Å². The average Bonchev–Trinajstić information content (AvgIpc) is 3.54. The number of rotatable bonds is 7. The van der Waals surface area contributed by atoms with Gasteiger partial charge in [0, 0.05) is 16.7 Å². The molecule has 0 aromatic rings. The Morgan fingerprint density at radius 1 is 0.698 bits per heavy atom. The van der Waals surface area contributed by atoms with Crippen molar-refractivity contribution < 1.29 is 79.1 Å². The second kappa shape index (κ2) is 16.1. The van der Waals surface area contributed by atoms with E-state index in [4.69, 9.17) is 33.2 Å². The third kappa shape index (κ3) is 6.58. The highest BCUT2D eigenvalue weighted by molar-refractivity contribution is 5.36. The summed E-state index contributed by atoms with van der Waals surface area (Å²) in [5, 5.41) is 98.1. The third-order valence-electron chi connectivity index (χ3n) is 19.8. The van der Waals surface area contributed by atoms with Crippen LogP contribution < -0.4 is 0 Å². The van der Waals surface area contributed by atoms with Crippen LogP contribution in [-0.4, -0.2) is 170 Å². The molecule has 63 heavy (non-hydrogen) atoms. The number of aliphatic hydroxyl groups is 9. The predicted molar refractivity (Wildman–Crippen MR) is 222 cm³/mol. The van der Waals surface area contributed by atoms with Crippen molar-refractivity contribution in [3.8, 4) is 0 Å². The second-order valence-corrected chi connectivity index (χ2v) is 22.9. The molecule has 8 fully saturated rings. The van der Waals surface area contributed by atoms with Crippen LogP contribution in [0.1, 0.15) is 100 Å². The highest BCUT2D eigenvalue weighted by Crippen LogP contribution is 2.79. The summed E-state index contributed by atoms with van der Waals surface area (Å²) in [4.78, 5) is 0. The van der Waals surface area contributed by atoms with Crippen LogP contribution in [0.4, 0.5) is 0 Å². The summed E-state index contributed by atoms with van der Waals surface area (Å²) in [7, 11) is 0. The molecule has 9 aliphatic rings. The Kier molecular flexibility index (Phi) is 12.1. The molecule has 9 rings (SSSR count). The van der Waals surface area contributed by atoms with Crippen LogP contribution in [0.5, 0.6) is 0 Å². The maximum atomic E-state index is 12.2. The monoisotopic (exact) mass is 897 g/mol. The van der Waals surface area contributed by atoms with Gasteiger partial charge in [-0.15, -0.1) is 0 Å². The highest BCUT2D eigenvalue weighted by atomic mass is 16.8. The highest BCUT2D eigenvalue weighted by Gasteiger charge is 2.79. The first kappa shape index (κ1) is 47.2. The summed E-state index contributed by atoms with van der Waals surface area (Å²) >= 11 is 0. The molecule has 4 aliphatic heterocycles. The van der Waals surface area contributed by atoms with Gasteiger partial charge in [-0.2, -0.15) is 0 Å². The summed E-state index contributed by atoms with van der Waals surface area (Å²) in [5.74, 6) is 1.64. The Balaban J connectivity index is 0.978. The topological polar surface area (TPSA) is 247 Å². The SMILES string of the molecule is C[C@@H]1CCC23COC4(C=CC5[C@@]6(C)CC[C@H](O[C@@H]7O[C@H](C)[C@H](O)[C@H](O)[C@H]7O[C@@H]7O[C@H](CO)[C@@H](O)[C@H](O)[C@H]7O[C@@H]7OC[C@@H](O)[C@H](O)[C@H]7O)C(C)(C)C6CC[C@@]5(C)[C@]4(C)C[C@H]2O)C3[C@H]1C. The number of ether oxygens (including phenoxy) is 7. The molecule has 9 N–H and O–H groups in total. The maximum absolute atomic E-state index is 12.2. The standard InChI is InChI=1S/C47H76O16/c1-21-9-15-46-20-58-47(38(46)22(21)2)16-11-27-43(6)13-12-29(42(4,5)26(43)10-14-44(27,7)45(47,8)17-28(46)50)61-40-36(33(54)30(51)23(3)59-40)63-41-37(34(55)32(53)25(18-48)60-41)62-39-35(56)31(52)24(49)19-57-39/h11,16,21-41,48-56H,9-10,12-15,17-20H2,1-8H3/t21-,22+,23-,24-,25-,26?,27?,28-,29+,30+,31+,32-,33+,34+,35-,36-,37-,38?,39+,40+,41+,43+,44-,45+,46?,47?/m1/s1. The maximum Gasteiger partial charge on any atom is 0.187 e. The largest absolute Gasteiger partial charge is 0.394 e. The summed E-state index contributed by atoms with van der Waals surface area (Å²) in [5.41, 5.74) is -1.67. The summed E-state index contributed by atoms with van der Waals surface area (Å²) in [6, 6.07) is 0. The molecule has 5 aliphatic carbocycles. The van der Waals surface area contributed by atoms with Crippen molar-refractivity contribution >= 4 is 0 Å². The lowest BCUT2D eigenvalue weighted by atomic mass is 9.31. The van der Waals surface area contributed by atoms with E-state index in [-0.39, 0.29) is 39.4 Å². The van der Waals surface area contributed by atoms with E-state index in [1.807, 2.05) is 0 Å². The van der Waals surface area contributed by atoms with E-state index >= 15 is 0 Å². The molecule has 4 saturated heterocycles. The zero-order chi connectivity index (χ0) is 45.6. The van der Waals surface area contributed by atoms with E-state index in [0.29, 0.717) is 24.9 Å². The molecule has 1 spiro atoms. The average molecular weight is 897 g/mol. The predicted octanol–water partition coefficient (Wildman–Crippen LogP) is 1.12. The van der Waals surface area contributed by atoms with E-state index in [0.717, 1.165) is 38.5 Å². The molecule has 16 nitrogen and oxygen atoms in total. The molecule has 0 aromatic carbocycles. The zero-order valence-corrected chi connectivity index (χ0v) is 38.2. The lowest BCUT2D eigenvalue weighted by Crippen LogP contribution is -2.73. The molecule has 360 valence electrons. The molecule has 0 amide bonds. The van der Waals surface area contributed by atoms with Crippen LogP contribution in [-0.2, 0) is 33.2 Å². The van der Waals surface area contributed by atoms with Crippen molar-refractivity contribution in [2.45, 2.75) is 204 Å². The number of hydrogen-bond acceptors (Lipinski definition) is 16. The molecule has 0 radical (unpaired) electrons. The van der Waals surface area contributed by atoms with Crippen molar-refractivity contribution in [2.24, 2.45) is 56.7 Å². The van der Waals surface area contributed by atoms with Crippen LogP contribution in [0, 0.1) is 56.7 Å². The van der Waals surface area contributed by atoms with Gasteiger partial charge in [0.25, 0.3) is 0 Å². The fourth-order valence-electron chi connectivity index (χ4n) is 15.8. The zero-order valence-electron chi connectivity index (χ0n) is 38.2. The van der Waals surface area contributed by atoms with Crippen LogP contribution >= 0.6 is 0 Å². The van der Waals surface area contributed by atoms with Crippen molar-refractivity contribution in [3.05, 3.63) is 12.2 Å². The van der Waals surface area contributed by atoms with Gasteiger partial charge >= 0.3 is 0 Å². The molecule has 16 heteroatoms. The van der Waals surface area contributed by atoms with Crippen LogP contribution in [0.2, 0.25) is 0 Å². The first-order valence-corrected chi connectivity index (χ1v) is 23.8. The van der Waals surface area contributed by atoms with Crippen LogP contribution in [0.25, 0.3) is 0 Å². The van der Waals surface area contributed by atoms with Crippen LogP contribution in [0.3, 0.4) is 0 Å². The van der Waals surface area contributed by atoms with Gasteiger partial charge in [0.05, 0.1) is 43.7 Å². The number of fused-ring (bicyclic) bond motifs is 4. The summed E-state index contributed by atoms with van der Waals surface area (Å²) in [6.07, 6.45) is -10.7. The lowest BCUT2D eigenvalue weighted by Gasteiger charge is -2.73. The first-order valence-electron chi connectivity index (χ1n) is 23.8. The summed E-state index contributed by atoms with van der Waals surface area (Å²) in [6.45, 7) is 17.6. The Morgan fingerprint density at radius 2 is 1.37 bits per heavy atom. The second-order valence-electron chi connectivity index (χ2n) is 22.9. The molecular formula is C47H76O16. The van der Waals surface area contributed by atoms with Gasteiger partial charge < -0.3 is 79.1 Å². The quantitative estimate of drug-likeness (QED) is 0.128. The molecule has 4 heterocycles. The molecule has 5 unspecified atom stereocenters. The first-order chi connectivity index (χ1) is 29.5. The molecular weight excluding hydrogens is 821 g/mol. The Labute approximate surface area is 371 Å². The van der Waals surface area contributed by atoms with Crippen LogP contribution in [0.15, 0.2) is 12.2 Å². The lowest BCUT2D eigenvalue weighted by molar-refractivity contribution is -0.393. The van der Waals surface area contributed by atoms with E-state index in [9.17, 15) is 46.0 Å². The van der Waals surface area contributed by atoms with Gasteiger partial charge in [-0.1, -0.05) is 60.6 Å². The van der Waals surface area contributed by atoms with Gasteiger partial charge in [-0.3, -0.25) is 0 Å². The van der Waals surface area contributed by atoms with Crippen molar-refractivity contribution in [1.29, 1.82) is 0 Å². The smallest absolute Gasteiger partial charge is 0.187 e. The normalized spacial score (nSPS) is 59.8. The number of aliphatic hydroxyl groups excluding tert-OH is 9. The van der Waals surface area contributed by atoms with Gasteiger partial charge in [0.1, 0.15) is 61.0 Å². The fourth-order valence-corrected chi connectivity index (χ4v) is 15.8. The Hall–Kier alpha value is -0.900. The summed E-state index contributed by atoms with van der Waals surface area (Å²) < 4.78 is 44.0.